The molecule has 0 aliphatic rings. The lowest BCUT2D eigenvalue weighted by molar-refractivity contribution is -0.0521. The van der Waals surface area contributed by atoms with Gasteiger partial charge in [0.05, 0.1) is 6.04 Å². The number of anilines is 1. The minimum atomic E-state index is -3.05. The second-order valence-electron chi connectivity index (χ2n) is 4.29. The number of benzene rings is 1. The van der Waals surface area contributed by atoms with Crippen molar-refractivity contribution in [1.82, 2.24) is 9.55 Å². The molecule has 0 aliphatic heterocycles. The number of alkyl halides is 2. The third-order valence-electron chi connectivity index (χ3n) is 2.78. The summed E-state index contributed by atoms with van der Waals surface area (Å²) >= 11 is 0. The van der Waals surface area contributed by atoms with Crippen LogP contribution in [0.3, 0.4) is 0 Å². The van der Waals surface area contributed by atoms with Gasteiger partial charge in [-0.25, -0.2) is 9.37 Å². The number of nitrogens with one attached hydrogen (secondary N) is 1. The molecule has 0 fully saturated rings. The maximum atomic E-state index is 13.6. The first-order valence-electron chi connectivity index (χ1n) is 5.95. The molecule has 0 bridgehead atoms. The van der Waals surface area contributed by atoms with Crippen molar-refractivity contribution in [2.45, 2.75) is 19.6 Å². The van der Waals surface area contributed by atoms with Gasteiger partial charge in [-0.3, -0.25) is 0 Å². The fourth-order valence-corrected chi connectivity index (χ4v) is 1.89. The third-order valence-corrected chi connectivity index (χ3v) is 2.78. The van der Waals surface area contributed by atoms with Crippen molar-refractivity contribution >= 4 is 5.69 Å². The Morgan fingerprint density at radius 3 is 2.65 bits per heavy atom. The Morgan fingerprint density at radius 2 is 2.10 bits per heavy atom. The number of ether oxygens (including phenoxy) is 1. The summed E-state index contributed by atoms with van der Waals surface area (Å²) < 4.78 is 43.5. The molecule has 7 heteroatoms. The Balaban J connectivity index is 2.11. The lowest BCUT2D eigenvalue weighted by atomic mass is 10.2. The highest BCUT2D eigenvalue weighted by Crippen LogP contribution is 2.25. The highest BCUT2D eigenvalue weighted by atomic mass is 19.3. The van der Waals surface area contributed by atoms with E-state index in [9.17, 15) is 13.2 Å². The molecule has 0 saturated carbocycles. The van der Waals surface area contributed by atoms with Crippen LogP contribution in [0.4, 0.5) is 18.9 Å². The van der Waals surface area contributed by atoms with Crippen molar-refractivity contribution in [1.29, 1.82) is 0 Å². The van der Waals surface area contributed by atoms with Crippen molar-refractivity contribution in [3.8, 4) is 5.75 Å². The molecule has 0 amide bonds. The number of nitrogens with zero attached hydrogens (tertiary/aromatic N) is 2. The third kappa shape index (κ3) is 3.23. The van der Waals surface area contributed by atoms with Crippen LogP contribution in [0.25, 0.3) is 0 Å². The molecule has 1 heterocycles. The molecular weight excluding hydrogens is 271 g/mol. The summed E-state index contributed by atoms with van der Waals surface area (Å²) in [5.41, 5.74) is 0.458. The van der Waals surface area contributed by atoms with Gasteiger partial charge in [0.15, 0.2) is 11.6 Å². The Morgan fingerprint density at radius 1 is 1.35 bits per heavy atom. The normalized spacial score (nSPS) is 12.5. The highest BCUT2D eigenvalue weighted by molar-refractivity contribution is 5.48. The van der Waals surface area contributed by atoms with Crippen LogP contribution in [0, 0.1) is 5.82 Å². The molecule has 1 atom stereocenters. The van der Waals surface area contributed by atoms with Crippen molar-refractivity contribution in [3.63, 3.8) is 0 Å². The van der Waals surface area contributed by atoms with E-state index in [0.29, 0.717) is 5.69 Å². The molecule has 0 radical (unpaired) electrons. The summed E-state index contributed by atoms with van der Waals surface area (Å²) in [5.74, 6) is -0.546. The summed E-state index contributed by atoms with van der Waals surface area (Å²) in [6.45, 7) is -1.18. The van der Waals surface area contributed by atoms with Gasteiger partial charge in [-0.1, -0.05) is 0 Å². The molecule has 1 N–H and O–H groups in total. The van der Waals surface area contributed by atoms with Crippen molar-refractivity contribution in [2.75, 3.05) is 5.32 Å². The lowest BCUT2D eigenvalue weighted by Crippen LogP contribution is -2.12. The van der Waals surface area contributed by atoms with Crippen LogP contribution < -0.4 is 10.1 Å². The second kappa shape index (κ2) is 5.85. The van der Waals surface area contributed by atoms with Crippen LogP contribution >= 0.6 is 0 Å². The second-order valence-corrected chi connectivity index (χ2v) is 4.29. The van der Waals surface area contributed by atoms with E-state index in [0.717, 1.165) is 18.0 Å². The van der Waals surface area contributed by atoms with Crippen LogP contribution in [0.15, 0.2) is 30.6 Å². The molecule has 108 valence electrons. The zero-order valence-corrected chi connectivity index (χ0v) is 11.0. The summed E-state index contributed by atoms with van der Waals surface area (Å²) in [4.78, 5) is 4.17. The number of hydrogen-bond acceptors (Lipinski definition) is 3. The number of imidazole rings is 1. The fourth-order valence-electron chi connectivity index (χ4n) is 1.89. The summed E-state index contributed by atoms with van der Waals surface area (Å²) in [6, 6.07) is 3.59. The van der Waals surface area contributed by atoms with Gasteiger partial charge in [0.25, 0.3) is 0 Å². The quantitative estimate of drug-likeness (QED) is 0.915. The topological polar surface area (TPSA) is 39.1 Å². The van der Waals surface area contributed by atoms with Gasteiger partial charge in [0.1, 0.15) is 5.82 Å². The molecule has 4 nitrogen and oxygen atoms in total. The average molecular weight is 285 g/mol. The number of aromatic nitrogens is 2. The molecule has 20 heavy (non-hydrogen) atoms. The van der Waals surface area contributed by atoms with Crippen LogP contribution in [-0.2, 0) is 7.05 Å². The number of hydrogen-bond donors (Lipinski definition) is 1. The van der Waals surface area contributed by atoms with Gasteiger partial charge in [-0.05, 0) is 19.1 Å². The van der Waals surface area contributed by atoms with E-state index in [4.69, 9.17) is 0 Å². The lowest BCUT2D eigenvalue weighted by Gasteiger charge is -2.16. The number of halogens is 3. The average Bonchev–Trinajstić information content (AvgIpc) is 2.78. The van der Waals surface area contributed by atoms with Gasteiger partial charge >= 0.3 is 6.61 Å². The largest absolute Gasteiger partial charge is 0.432 e. The van der Waals surface area contributed by atoms with E-state index < -0.39 is 18.2 Å². The molecule has 2 rings (SSSR count). The molecule has 1 aromatic carbocycles. The standard InChI is InChI=1S/C13H14F3N3O/c1-8(12-17-5-6-19(12)2)18-9-3-4-11(10(14)7-9)20-13(15)16/h3-8,13,18H,1-2H3. The number of aryl methyl sites for hydroxylation is 1. The van der Waals surface area contributed by atoms with Crippen LogP contribution in [-0.4, -0.2) is 16.2 Å². The molecule has 1 unspecified atom stereocenters. The van der Waals surface area contributed by atoms with E-state index in [1.54, 1.807) is 12.4 Å². The Hall–Kier alpha value is -2.18. The van der Waals surface area contributed by atoms with Gasteiger partial charge < -0.3 is 14.6 Å². The zero-order chi connectivity index (χ0) is 14.7. The molecule has 2 aromatic rings. The van der Waals surface area contributed by atoms with Crippen LogP contribution in [0.1, 0.15) is 18.8 Å². The molecule has 0 spiro atoms. The Labute approximate surface area is 114 Å². The maximum absolute atomic E-state index is 13.6. The van der Waals surface area contributed by atoms with E-state index >= 15 is 0 Å². The van der Waals surface area contributed by atoms with E-state index in [2.05, 4.69) is 15.0 Å². The van der Waals surface area contributed by atoms with Gasteiger partial charge in [-0.15, -0.1) is 0 Å². The van der Waals surface area contributed by atoms with Crippen molar-refractivity contribution < 1.29 is 17.9 Å². The minimum Gasteiger partial charge on any atom is -0.432 e. The first-order valence-corrected chi connectivity index (χ1v) is 5.95. The number of rotatable bonds is 5. The maximum Gasteiger partial charge on any atom is 0.387 e. The van der Waals surface area contributed by atoms with Crippen molar-refractivity contribution in [2.24, 2.45) is 7.05 Å². The van der Waals surface area contributed by atoms with Crippen molar-refractivity contribution in [3.05, 3.63) is 42.2 Å². The van der Waals surface area contributed by atoms with E-state index in [-0.39, 0.29) is 6.04 Å². The first kappa shape index (κ1) is 14.2. The zero-order valence-electron chi connectivity index (χ0n) is 11.0. The van der Waals surface area contributed by atoms with Gasteiger partial charge in [0, 0.05) is 31.2 Å². The molecule has 1 aromatic heterocycles. The predicted molar refractivity (Wildman–Crippen MR) is 68.3 cm³/mol. The van der Waals surface area contributed by atoms with Crippen LogP contribution in [0.2, 0.25) is 0 Å². The van der Waals surface area contributed by atoms with Gasteiger partial charge in [-0.2, -0.15) is 8.78 Å². The van der Waals surface area contributed by atoms with Crippen LogP contribution in [0.5, 0.6) is 5.75 Å². The Kier molecular flexibility index (Phi) is 4.16. The first-order chi connectivity index (χ1) is 9.47. The fraction of sp³-hybridized carbons (Fsp3) is 0.308. The highest BCUT2D eigenvalue weighted by Gasteiger charge is 2.13. The molecule has 0 aliphatic carbocycles. The molecule has 0 saturated heterocycles. The predicted octanol–water partition coefficient (Wildman–Crippen LogP) is 3.33. The smallest absolute Gasteiger partial charge is 0.387 e. The monoisotopic (exact) mass is 285 g/mol. The SMILES string of the molecule is CC(Nc1ccc(OC(F)F)c(F)c1)c1nccn1C. The van der Waals surface area contributed by atoms with Gasteiger partial charge in [0.2, 0.25) is 0 Å². The molecular formula is C13H14F3N3O. The Bertz CT molecular complexity index is 586. The summed E-state index contributed by atoms with van der Waals surface area (Å²) in [7, 11) is 1.85. The van der Waals surface area contributed by atoms with E-state index in [1.807, 2.05) is 18.5 Å². The summed E-state index contributed by atoms with van der Waals surface area (Å²) in [6.07, 6.45) is 3.46. The minimum absolute atomic E-state index is 0.156. The summed E-state index contributed by atoms with van der Waals surface area (Å²) in [5, 5.41) is 3.04. The van der Waals surface area contributed by atoms with E-state index in [1.165, 1.54) is 6.07 Å².